The van der Waals surface area contributed by atoms with Crippen molar-refractivity contribution in [2.24, 2.45) is 0 Å². The van der Waals surface area contributed by atoms with Gasteiger partial charge in [-0.2, -0.15) is 0 Å². The molecule has 2 amide bonds. The predicted octanol–water partition coefficient (Wildman–Crippen LogP) is 1.42. The van der Waals surface area contributed by atoms with Crippen LogP contribution in [-0.2, 0) is 4.74 Å². The summed E-state index contributed by atoms with van der Waals surface area (Å²) in [5.74, 6) is -1.18. The first-order valence-electron chi connectivity index (χ1n) is 6.37. The third kappa shape index (κ3) is 3.24. The van der Waals surface area contributed by atoms with Crippen molar-refractivity contribution in [2.75, 3.05) is 18.4 Å². The third-order valence-electron chi connectivity index (χ3n) is 2.96. The number of carboxylic acids is 1. The number of aromatic nitrogens is 1. The van der Waals surface area contributed by atoms with E-state index in [1.807, 2.05) is 13.8 Å². The van der Waals surface area contributed by atoms with E-state index in [4.69, 9.17) is 9.84 Å². The summed E-state index contributed by atoms with van der Waals surface area (Å²) in [6.45, 7) is 4.73. The minimum absolute atomic E-state index is 0.0441. The van der Waals surface area contributed by atoms with Gasteiger partial charge in [-0.15, -0.1) is 0 Å². The number of rotatable bonds is 2. The van der Waals surface area contributed by atoms with Crippen LogP contribution in [0.2, 0.25) is 0 Å². The number of carboxylic acid groups (broad SMARTS) is 1. The van der Waals surface area contributed by atoms with Gasteiger partial charge < -0.3 is 20.1 Å². The summed E-state index contributed by atoms with van der Waals surface area (Å²) in [6, 6.07) is 2.75. The van der Waals surface area contributed by atoms with Gasteiger partial charge in [-0.25, -0.2) is 14.6 Å². The maximum absolute atomic E-state index is 12.2. The van der Waals surface area contributed by atoms with Crippen LogP contribution in [-0.4, -0.2) is 52.3 Å². The fraction of sp³-hybridized carbons (Fsp3) is 0.462. The fourth-order valence-corrected chi connectivity index (χ4v) is 2.21. The molecule has 0 aromatic carbocycles. The summed E-state index contributed by atoms with van der Waals surface area (Å²) >= 11 is 0. The van der Waals surface area contributed by atoms with Crippen LogP contribution in [0.1, 0.15) is 24.3 Å². The normalized spacial score (nSPS) is 22.4. The lowest BCUT2D eigenvalue weighted by atomic mass is 10.2. The first kappa shape index (κ1) is 14.3. The second kappa shape index (κ2) is 5.87. The minimum Gasteiger partial charge on any atom is -0.476 e. The zero-order valence-corrected chi connectivity index (χ0v) is 11.4. The molecule has 1 aliphatic heterocycles. The highest BCUT2D eigenvalue weighted by atomic mass is 16.5. The average Bonchev–Trinajstić information content (AvgIpc) is 2.37. The van der Waals surface area contributed by atoms with Gasteiger partial charge in [0, 0.05) is 19.3 Å². The zero-order valence-electron chi connectivity index (χ0n) is 11.4. The van der Waals surface area contributed by atoms with Crippen molar-refractivity contribution in [1.29, 1.82) is 0 Å². The van der Waals surface area contributed by atoms with Gasteiger partial charge in [0.25, 0.3) is 0 Å². The first-order valence-corrected chi connectivity index (χ1v) is 6.37. The number of morpholine rings is 1. The van der Waals surface area contributed by atoms with Crippen LogP contribution in [0.25, 0.3) is 0 Å². The molecule has 0 spiro atoms. The van der Waals surface area contributed by atoms with Gasteiger partial charge in [-0.1, -0.05) is 0 Å². The molecule has 1 aromatic rings. The summed E-state index contributed by atoms with van der Waals surface area (Å²) in [5.41, 5.74) is 0.0204. The second-order valence-electron chi connectivity index (χ2n) is 4.80. The number of carbonyl (C=O) groups excluding carboxylic acids is 1. The van der Waals surface area contributed by atoms with Crippen LogP contribution in [0.5, 0.6) is 0 Å². The van der Waals surface area contributed by atoms with Gasteiger partial charge in [0.2, 0.25) is 0 Å². The van der Waals surface area contributed by atoms with Crippen molar-refractivity contribution in [2.45, 2.75) is 26.1 Å². The molecular formula is C13H17N3O4. The highest BCUT2D eigenvalue weighted by Crippen LogP contribution is 2.15. The molecule has 2 atom stereocenters. The highest BCUT2D eigenvalue weighted by Gasteiger charge is 2.26. The van der Waals surface area contributed by atoms with Crippen molar-refractivity contribution in [1.82, 2.24) is 9.88 Å². The number of amides is 2. The molecule has 7 nitrogen and oxygen atoms in total. The molecule has 0 bridgehead atoms. The Morgan fingerprint density at radius 3 is 2.65 bits per heavy atom. The van der Waals surface area contributed by atoms with Crippen molar-refractivity contribution >= 4 is 17.7 Å². The van der Waals surface area contributed by atoms with E-state index < -0.39 is 5.97 Å². The van der Waals surface area contributed by atoms with Crippen LogP contribution in [0.4, 0.5) is 10.5 Å². The molecule has 20 heavy (non-hydrogen) atoms. The van der Waals surface area contributed by atoms with Gasteiger partial charge in [0.1, 0.15) is 0 Å². The summed E-state index contributed by atoms with van der Waals surface area (Å²) in [4.78, 5) is 28.6. The quantitative estimate of drug-likeness (QED) is 0.854. The number of urea groups is 1. The molecule has 1 aromatic heterocycles. The maximum Gasteiger partial charge on any atom is 0.356 e. The molecule has 1 aliphatic rings. The molecule has 2 unspecified atom stereocenters. The van der Waals surface area contributed by atoms with Crippen LogP contribution < -0.4 is 5.32 Å². The second-order valence-corrected chi connectivity index (χ2v) is 4.80. The summed E-state index contributed by atoms with van der Waals surface area (Å²) in [7, 11) is 0. The van der Waals surface area contributed by atoms with E-state index in [0.29, 0.717) is 13.1 Å². The average molecular weight is 279 g/mol. The van der Waals surface area contributed by atoms with E-state index in [1.165, 1.54) is 12.3 Å². The van der Waals surface area contributed by atoms with Crippen molar-refractivity contribution < 1.29 is 19.4 Å². The minimum atomic E-state index is -1.18. The molecule has 0 radical (unpaired) electrons. The lowest BCUT2D eigenvalue weighted by Crippen LogP contribution is -2.49. The Balaban J connectivity index is 2.10. The third-order valence-corrected chi connectivity index (χ3v) is 2.96. The molecule has 2 rings (SSSR count). The molecular weight excluding hydrogens is 262 g/mol. The number of nitrogens with one attached hydrogen (secondary N) is 1. The summed E-state index contributed by atoms with van der Waals surface area (Å²) in [6.07, 6.45) is 1.28. The molecule has 2 heterocycles. The van der Waals surface area contributed by atoms with Gasteiger partial charge in [-0.05, 0) is 26.0 Å². The maximum atomic E-state index is 12.2. The Hall–Kier alpha value is -2.15. The van der Waals surface area contributed by atoms with Gasteiger partial charge >= 0.3 is 12.0 Å². The zero-order chi connectivity index (χ0) is 14.7. The number of ether oxygens (including phenoxy) is 1. The first-order chi connectivity index (χ1) is 9.47. The standard InChI is InChI=1S/C13H17N3O4/c1-8-6-16(7-9(2)20-8)13(19)15-10-4-3-5-14-11(10)12(17)18/h3-5,8-9H,6-7H2,1-2H3,(H,15,19)(H,17,18). The fourth-order valence-electron chi connectivity index (χ4n) is 2.21. The lowest BCUT2D eigenvalue weighted by Gasteiger charge is -2.35. The predicted molar refractivity (Wildman–Crippen MR) is 71.8 cm³/mol. The smallest absolute Gasteiger partial charge is 0.356 e. The molecule has 108 valence electrons. The van der Waals surface area contributed by atoms with Crippen molar-refractivity contribution in [3.63, 3.8) is 0 Å². The molecule has 1 fully saturated rings. The van der Waals surface area contributed by atoms with E-state index in [-0.39, 0.29) is 29.6 Å². The van der Waals surface area contributed by atoms with E-state index >= 15 is 0 Å². The Labute approximate surface area is 116 Å². The van der Waals surface area contributed by atoms with Crippen LogP contribution in [0.3, 0.4) is 0 Å². The van der Waals surface area contributed by atoms with E-state index in [9.17, 15) is 9.59 Å². The van der Waals surface area contributed by atoms with Crippen LogP contribution in [0, 0.1) is 0 Å². The van der Waals surface area contributed by atoms with Crippen molar-refractivity contribution in [3.05, 3.63) is 24.0 Å². The Bertz CT molecular complexity index is 510. The number of anilines is 1. The number of carbonyl (C=O) groups is 2. The monoisotopic (exact) mass is 279 g/mol. The van der Waals surface area contributed by atoms with Crippen molar-refractivity contribution in [3.8, 4) is 0 Å². The molecule has 0 saturated carbocycles. The molecule has 7 heteroatoms. The molecule has 1 saturated heterocycles. The Morgan fingerprint density at radius 2 is 2.05 bits per heavy atom. The SMILES string of the molecule is CC1CN(C(=O)Nc2cccnc2C(=O)O)CC(C)O1. The Morgan fingerprint density at radius 1 is 1.40 bits per heavy atom. The number of hydrogen-bond donors (Lipinski definition) is 2. The van der Waals surface area contributed by atoms with Gasteiger partial charge in [0.15, 0.2) is 5.69 Å². The number of nitrogens with zero attached hydrogens (tertiary/aromatic N) is 2. The summed E-state index contributed by atoms with van der Waals surface area (Å²) in [5, 5.41) is 11.6. The number of aromatic carboxylic acids is 1. The van der Waals surface area contributed by atoms with Gasteiger partial charge in [-0.3, -0.25) is 0 Å². The number of hydrogen-bond acceptors (Lipinski definition) is 4. The topological polar surface area (TPSA) is 91.8 Å². The summed E-state index contributed by atoms with van der Waals surface area (Å²) < 4.78 is 5.55. The largest absolute Gasteiger partial charge is 0.476 e. The van der Waals surface area contributed by atoms with E-state index in [0.717, 1.165) is 0 Å². The van der Waals surface area contributed by atoms with Crippen LogP contribution >= 0.6 is 0 Å². The van der Waals surface area contributed by atoms with Gasteiger partial charge in [0.05, 0.1) is 17.9 Å². The van der Waals surface area contributed by atoms with E-state index in [2.05, 4.69) is 10.3 Å². The molecule has 0 aliphatic carbocycles. The van der Waals surface area contributed by atoms with E-state index in [1.54, 1.807) is 11.0 Å². The number of pyridine rings is 1. The van der Waals surface area contributed by atoms with Crippen LogP contribution in [0.15, 0.2) is 18.3 Å². The molecule has 2 N–H and O–H groups in total. The Kier molecular flexibility index (Phi) is 4.19. The lowest BCUT2D eigenvalue weighted by molar-refractivity contribution is -0.0530. The highest BCUT2D eigenvalue weighted by molar-refractivity contribution is 5.98.